The number of benzene rings is 2. The number of hydrogen-bond acceptors (Lipinski definition) is 5. The number of nitrogens with zero attached hydrogens (tertiary/aromatic N) is 3. The highest BCUT2D eigenvalue weighted by molar-refractivity contribution is 6.30. The first-order valence-corrected chi connectivity index (χ1v) is 15.2. The number of aromatic nitrogens is 2. The predicted octanol–water partition coefficient (Wildman–Crippen LogP) is 6.69. The molecule has 2 aromatic heterocycles. The van der Waals surface area contributed by atoms with Gasteiger partial charge in [0.05, 0.1) is 21.9 Å². The Balaban J connectivity index is 1.26. The molecule has 226 valence electrons. The number of pyridine rings is 2. The lowest BCUT2D eigenvalue weighted by molar-refractivity contribution is -0.119. The number of carbonyl (C=O) groups is 2. The quantitative estimate of drug-likeness (QED) is 0.195. The van der Waals surface area contributed by atoms with Gasteiger partial charge < -0.3 is 16.0 Å². The molecule has 2 fully saturated rings. The van der Waals surface area contributed by atoms with Crippen LogP contribution in [0.25, 0.3) is 0 Å². The SMILES string of the molecule is NC(CCC1CC1)(c1ccc(F)c(NC(=O)[C@H]2C[C@H](c3ccccc3)CN2C(=O)Nc2ccc(Cl)cn2)c1)c1ccccn1. The van der Waals surface area contributed by atoms with Gasteiger partial charge in [-0.25, -0.2) is 14.2 Å². The number of nitrogens with two attached hydrogens (primary N) is 1. The summed E-state index contributed by atoms with van der Waals surface area (Å²) in [4.78, 5) is 37.4. The van der Waals surface area contributed by atoms with Gasteiger partial charge in [-0.15, -0.1) is 0 Å². The average molecular weight is 613 g/mol. The molecule has 44 heavy (non-hydrogen) atoms. The van der Waals surface area contributed by atoms with Crippen molar-refractivity contribution in [3.63, 3.8) is 0 Å². The maximum Gasteiger partial charge on any atom is 0.323 e. The lowest BCUT2D eigenvalue weighted by Gasteiger charge is -2.30. The Hall–Kier alpha value is -4.34. The summed E-state index contributed by atoms with van der Waals surface area (Å²) in [6.07, 6.45) is 7.45. The molecule has 2 aromatic carbocycles. The van der Waals surface area contributed by atoms with E-state index >= 15 is 4.39 Å². The summed E-state index contributed by atoms with van der Waals surface area (Å²) in [5.41, 5.74) is 8.45. The second-order valence-electron chi connectivity index (χ2n) is 11.7. The van der Waals surface area contributed by atoms with Gasteiger partial charge in [0.2, 0.25) is 5.91 Å². The Morgan fingerprint density at radius 2 is 1.80 bits per heavy atom. The van der Waals surface area contributed by atoms with E-state index in [0.717, 1.165) is 12.0 Å². The van der Waals surface area contributed by atoms with Crippen molar-refractivity contribution in [2.24, 2.45) is 11.7 Å². The van der Waals surface area contributed by atoms with Crippen LogP contribution in [0.3, 0.4) is 0 Å². The molecule has 2 aliphatic rings. The molecule has 3 amide bonds. The largest absolute Gasteiger partial charge is 0.323 e. The van der Waals surface area contributed by atoms with Gasteiger partial charge in [0.25, 0.3) is 0 Å². The van der Waals surface area contributed by atoms with E-state index in [2.05, 4.69) is 20.6 Å². The highest BCUT2D eigenvalue weighted by Crippen LogP contribution is 2.40. The number of urea groups is 1. The fourth-order valence-electron chi connectivity index (χ4n) is 5.91. The van der Waals surface area contributed by atoms with Crippen LogP contribution >= 0.6 is 11.6 Å². The zero-order valence-electron chi connectivity index (χ0n) is 24.1. The number of amides is 3. The van der Waals surface area contributed by atoms with Gasteiger partial charge in [-0.3, -0.25) is 15.1 Å². The Labute approximate surface area is 260 Å². The van der Waals surface area contributed by atoms with Crippen molar-refractivity contribution in [2.75, 3.05) is 17.2 Å². The molecule has 1 unspecified atom stereocenters. The molecule has 4 N–H and O–H groups in total. The van der Waals surface area contributed by atoms with E-state index in [1.165, 1.54) is 30.0 Å². The van der Waals surface area contributed by atoms with Crippen LogP contribution in [0.1, 0.15) is 54.8 Å². The minimum absolute atomic E-state index is 0.00700. The number of likely N-dealkylation sites (tertiary alicyclic amines) is 1. The maximum atomic E-state index is 15.3. The van der Waals surface area contributed by atoms with E-state index in [1.807, 2.05) is 48.5 Å². The summed E-state index contributed by atoms with van der Waals surface area (Å²) in [5.74, 6) is -0.221. The van der Waals surface area contributed by atoms with Gasteiger partial charge in [-0.2, -0.15) is 0 Å². The first kappa shape index (κ1) is 29.7. The van der Waals surface area contributed by atoms with Crippen LogP contribution in [0.4, 0.5) is 20.7 Å². The summed E-state index contributed by atoms with van der Waals surface area (Å²) >= 11 is 5.94. The maximum absolute atomic E-state index is 15.3. The summed E-state index contributed by atoms with van der Waals surface area (Å²) in [6, 6.07) is 21.8. The van der Waals surface area contributed by atoms with Crippen molar-refractivity contribution in [3.8, 4) is 0 Å². The fraction of sp³-hybridized carbons (Fsp3) is 0.294. The van der Waals surface area contributed by atoms with E-state index < -0.39 is 29.3 Å². The Kier molecular flexibility index (Phi) is 8.59. The van der Waals surface area contributed by atoms with Crippen LogP contribution in [-0.2, 0) is 10.3 Å². The van der Waals surface area contributed by atoms with Crippen molar-refractivity contribution in [3.05, 3.63) is 119 Å². The lowest BCUT2D eigenvalue weighted by atomic mass is 9.82. The van der Waals surface area contributed by atoms with E-state index in [1.54, 1.807) is 30.5 Å². The minimum Gasteiger partial charge on any atom is -0.322 e. The van der Waals surface area contributed by atoms with Crippen LogP contribution < -0.4 is 16.4 Å². The molecule has 4 aromatic rings. The van der Waals surface area contributed by atoms with E-state index in [9.17, 15) is 9.59 Å². The molecule has 0 bridgehead atoms. The molecule has 1 aliphatic carbocycles. The predicted molar refractivity (Wildman–Crippen MR) is 169 cm³/mol. The van der Waals surface area contributed by atoms with Crippen molar-refractivity contribution < 1.29 is 14.0 Å². The van der Waals surface area contributed by atoms with Gasteiger partial charge in [0, 0.05) is 24.9 Å². The number of rotatable bonds is 9. The second kappa shape index (κ2) is 12.7. The fourth-order valence-corrected chi connectivity index (χ4v) is 6.02. The summed E-state index contributed by atoms with van der Waals surface area (Å²) in [5, 5.41) is 5.97. The molecule has 0 spiro atoms. The first-order valence-electron chi connectivity index (χ1n) is 14.9. The van der Waals surface area contributed by atoms with Crippen LogP contribution in [-0.4, -0.2) is 39.4 Å². The zero-order valence-corrected chi connectivity index (χ0v) is 24.9. The third kappa shape index (κ3) is 6.59. The number of nitrogens with one attached hydrogen (secondary N) is 2. The highest BCUT2D eigenvalue weighted by atomic mass is 35.5. The van der Waals surface area contributed by atoms with Crippen molar-refractivity contribution >= 4 is 35.0 Å². The summed E-state index contributed by atoms with van der Waals surface area (Å²) < 4.78 is 15.3. The van der Waals surface area contributed by atoms with Gasteiger partial charge in [-0.05, 0) is 72.7 Å². The standard InChI is InChI=1S/C34H34ClFN6O2/c35-26-12-14-31(39-20-26)41-33(44)42-21-24(23-6-2-1-3-7-23)18-29(42)32(43)40-28-19-25(11-13-27(28)36)34(37,16-15-22-9-10-22)30-8-4-5-17-38-30/h1-8,11-14,17,19-20,22,24,29H,9-10,15-16,18,21,37H2,(H,40,43)(H,39,41,44)/t24-,29+,34?/m0/s1. The monoisotopic (exact) mass is 612 g/mol. The Morgan fingerprint density at radius 3 is 2.50 bits per heavy atom. The van der Waals surface area contributed by atoms with Gasteiger partial charge >= 0.3 is 6.03 Å². The molecule has 1 aliphatic heterocycles. The molecule has 3 heterocycles. The summed E-state index contributed by atoms with van der Waals surface area (Å²) in [6.45, 7) is 0.302. The number of carbonyl (C=O) groups excluding carboxylic acids is 2. The Morgan fingerprint density at radius 1 is 1.00 bits per heavy atom. The molecule has 1 saturated heterocycles. The average Bonchev–Trinajstić information content (AvgIpc) is 3.77. The van der Waals surface area contributed by atoms with Gasteiger partial charge in [0.15, 0.2) is 0 Å². The smallest absolute Gasteiger partial charge is 0.322 e. The molecule has 3 atom stereocenters. The number of hydrogen-bond donors (Lipinski definition) is 3. The first-order chi connectivity index (χ1) is 21.3. The van der Waals surface area contributed by atoms with Crippen LogP contribution in [0, 0.1) is 11.7 Å². The molecule has 1 saturated carbocycles. The van der Waals surface area contributed by atoms with E-state index in [-0.39, 0.29) is 11.6 Å². The van der Waals surface area contributed by atoms with Crippen LogP contribution in [0.2, 0.25) is 5.02 Å². The minimum atomic E-state index is -0.958. The van der Waals surface area contributed by atoms with E-state index in [0.29, 0.717) is 47.4 Å². The molecular weight excluding hydrogens is 579 g/mol. The highest BCUT2D eigenvalue weighted by Gasteiger charge is 2.41. The molecule has 6 rings (SSSR count). The van der Waals surface area contributed by atoms with Crippen LogP contribution in [0.15, 0.2) is 91.3 Å². The normalized spacial score (nSPS) is 19.3. The molecular formula is C34H34ClFN6O2. The van der Waals surface area contributed by atoms with Gasteiger partial charge in [0.1, 0.15) is 17.7 Å². The molecule has 0 radical (unpaired) electrons. The lowest BCUT2D eigenvalue weighted by Crippen LogP contribution is -2.45. The third-order valence-corrected chi connectivity index (χ3v) is 8.83. The molecule has 8 nitrogen and oxygen atoms in total. The Bertz CT molecular complexity index is 1620. The molecule has 10 heteroatoms. The topological polar surface area (TPSA) is 113 Å². The van der Waals surface area contributed by atoms with E-state index in [4.69, 9.17) is 17.3 Å². The van der Waals surface area contributed by atoms with Crippen LogP contribution in [0.5, 0.6) is 0 Å². The van der Waals surface area contributed by atoms with Crippen molar-refractivity contribution in [1.82, 2.24) is 14.9 Å². The van der Waals surface area contributed by atoms with Crippen molar-refractivity contribution in [1.29, 1.82) is 0 Å². The summed E-state index contributed by atoms with van der Waals surface area (Å²) in [7, 11) is 0. The van der Waals surface area contributed by atoms with Gasteiger partial charge in [-0.1, -0.05) is 66.9 Å². The third-order valence-electron chi connectivity index (χ3n) is 8.60. The second-order valence-corrected chi connectivity index (χ2v) is 12.1. The zero-order chi connectivity index (χ0) is 30.7. The van der Waals surface area contributed by atoms with Crippen molar-refractivity contribution in [2.45, 2.75) is 49.6 Å². The number of halogens is 2. The number of anilines is 2.